The zero-order valence-corrected chi connectivity index (χ0v) is 35.2. The van der Waals surface area contributed by atoms with Gasteiger partial charge in [-0.3, -0.25) is 4.79 Å². The maximum atomic E-state index is 13.7. The number of anilines is 2. The number of amides is 1. The molecule has 0 bridgehead atoms. The van der Waals surface area contributed by atoms with Crippen LogP contribution in [0.5, 0.6) is 23.0 Å². The summed E-state index contributed by atoms with van der Waals surface area (Å²) in [6.07, 6.45) is 6.56. The molecule has 0 atom stereocenters. The van der Waals surface area contributed by atoms with Crippen LogP contribution in [0.25, 0.3) is 50.7 Å². The highest BCUT2D eigenvalue weighted by Crippen LogP contribution is 2.37. The van der Waals surface area contributed by atoms with E-state index in [9.17, 15) is 13.2 Å². The van der Waals surface area contributed by atoms with Gasteiger partial charge >= 0.3 is 0 Å². The summed E-state index contributed by atoms with van der Waals surface area (Å²) in [4.78, 5) is 29.0. The molecule has 5 N–H and O–H groups in total. The van der Waals surface area contributed by atoms with E-state index in [0.717, 1.165) is 16.9 Å². The van der Waals surface area contributed by atoms with Gasteiger partial charge in [0.05, 0.1) is 23.4 Å². The number of nitrogens with zero attached hydrogens (tertiary/aromatic N) is 9. The lowest BCUT2D eigenvalue weighted by molar-refractivity contribution is -0.116. The first-order valence-electron chi connectivity index (χ1n) is 20.4. The van der Waals surface area contributed by atoms with Gasteiger partial charge in [-0.1, -0.05) is 43.0 Å². The Balaban J connectivity index is 0.869. The summed E-state index contributed by atoms with van der Waals surface area (Å²) in [6.45, 7) is 4.70. The molecule has 0 saturated carbocycles. The topological polar surface area (TPSA) is 224 Å². The van der Waals surface area contributed by atoms with Crippen LogP contribution in [0.3, 0.4) is 0 Å². The normalized spacial score (nSPS) is 13.7. The van der Waals surface area contributed by atoms with Gasteiger partial charge < -0.3 is 26.3 Å². The molecule has 0 spiro atoms. The summed E-state index contributed by atoms with van der Waals surface area (Å²) in [5.41, 5.74) is 17.2. The molecule has 0 radical (unpaired) electrons. The van der Waals surface area contributed by atoms with Crippen LogP contribution in [-0.4, -0.2) is 77.8 Å². The zero-order chi connectivity index (χ0) is 44.2. The SMILES string of the molecule is C=CC(=O)NCCn1nc(-c2ccc(Oc3ccccc3/C=C\S(=O)(=O)N3CCC(n4nc(-c5ccc(Oc6ccccc6)cc5)c5c(N)ncnc54)CC3)cc2)c2c(N)ncnc21. The maximum Gasteiger partial charge on any atom is 0.243 e. The van der Waals surface area contributed by atoms with Crippen LogP contribution in [0.2, 0.25) is 0 Å². The van der Waals surface area contributed by atoms with Crippen LogP contribution in [0.15, 0.2) is 134 Å². The Hall–Kier alpha value is -7.96. The van der Waals surface area contributed by atoms with Crippen molar-refractivity contribution >= 4 is 55.7 Å². The number of hydrogen-bond donors (Lipinski definition) is 3. The van der Waals surface area contributed by atoms with Crippen LogP contribution in [0, 0.1) is 0 Å². The first-order valence-corrected chi connectivity index (χ1v) is 21.9. The van der Waals surface area contributed by atoms with Crippen molar-refractivity contribution in [1.82, 2.24) is 49.1 Å². The van der Waals surface area contributed by atoms with Gasteiger partial charge in [0, 0.05) is 41.7 Å². The lowest BCUT2D eigenvalue weighted by Gasteiger charge is -2.30. The number of fused-ring (bicyclic) bond motifs is 2. The first kappa shape index (κ1) is 41.4. The number of benzene rings is 4. The molecular formula is C46H42N12O5S. The first-order chi connectivity index (χ1) is 31.1. The second-order valence-electron chi connectivity index (χ2n) is 14.9. The van der Waals surface area contributed by atoms with Crippen LogP contribution in [0.1, 0.15) is 24.4 Å². The second kappa shape index (κ2) is 17.8. The van der Waals surface area contributed by atoms with Crippen molar-refractivity contribution in [2.75, 3.05) is 31.1 Å². The molecule has 64 heavy (non-hydrogen) atoms. The molecular weight excluding hydrogens is 833 g/mol. The van der Waals surface area contributed by atoms with Crippen molar-refractivity contribution in [3.63, 3.8) is 0 Å². The van der Waals surface area contributed by atoms with E-state index in [1.807, 2.05) is 83.5 Å². The lowest BCUT2D eigenvalue weighted by atomic mass is 10.1. The molecule has 322 valence electrons. The van der Waals surface area contributed by atoms with Gasteiger partial charge in [0.1, 0.15) is 58.7 Å². The number of nitrogens with one attached hydrogen (secondary N) is 1. The third kappa shape index (κ3) is 8.59. The van der Waals surface area contributed by atoms with E-state index < -0.39 is 10.0 Å². The van der Waals surface area contributed by atoms with E-state index in [2.05, 4.69) is 31.8 Å². The fourth-order valence-corrected chi connectivity index (χ4v) is 8.82. The predicted octanol–water partition coefficient (Wildman–Crippen LogP) is 6.99. The minimum atomic E-state index is -3.80. The highest BCUT2D eigenvalue weighted by atomic mass is 32.2. The number of carbonyl (C=O) groups is 1. The number of ether oxygens (including phenoxy) is 2. The highest BCUT2D eigenvalue weighted by molar-refractivity contribution is 7.92. The molecule has 18 heteroatoms. The summed E-state index contributed by atoms with van der Waals surface area (Å²) in [5.74, 6) is 2.69. The molecule has 1 saturated heterocycles. The van der Waals surface area contributed by atoms with Crippen molar-refractivity contribution < 1.29 is 22.7 Å². The average molecular weight is 875 g/mol. The predicted molar refractivity (Wildman–Crippen MR) is 244 cm³/mol. The largest absolute Gasteiger partial charge is 0.457 e. The van der Waals surface area contributed by atoms with Crippen LogP contribution in [0.4, 0.5) is 11.6 Å². The number of nitrogens with two attached hydrogens (primary N) is 2. The van der Waals surface area contributed by atoms with E-state index in [1.54, 1.807) is 35.0 Å². The van der Waals surface area contributed by atoms with Gasteiger partial charge in [-0.2, -0.15) is 14.5 Å². The van der Waals surface area contributed by atoms with Crippen LogP contribution in [-0.2, 0) is 21.4 Å². The lowest BCUT2D eigenvalue weighted by Crippen LogP contribution is -2.38. The Kier molecular flexibility index (Phi) is 11.5. The van der Waals surface area contributed by atoms with E-state index in [-0.39, 0.29) is 30.9 Å². The standard InChI is InChI=1S/C46H42N12O5S/c1-2-38(59)49-23-26-57-45-39(43(47)50-28-52-45)41(54-57)31-14-18-36(19-15-31)63-37-11-7-6-8-30(37)22-27-64(60,61)56-24-20-33(21-25-56)58-46-40(44(48)51-29-53-46)42(55-58)32-12-16-35(17-13-32)62-34-9-4-3-5-10-34/h2-19,22,27-29,33H,1,20-21,23-26H2,(H,49,59)(H2,47,50,52)(H2,48,51,53)/b27-22-. The molecule has 4 aromatic carbocycles. The van der Waals surface area contributed by atoms with Crippen LogP contribution >= 0.6 is 0 Å². The molecule has 4 aromatic heterocycles. The van der Waals surface area contributed by atoms with E-state index in [4.69, 9.17) is 31.1 Å². The van der Waals surface area contributed by atoms with Crippen LogP contribution < -0.4 is 26.3 Å². The smallest absolute Gasteiger partial charge is 0.243 e. The van der Waals surface area contributed by atoms with Gasteiger partial charge in [0.2, 0.25) is 15.9 Å². The van der Waals surface area contributed by atoms with Gasteiger partial charge in [-0.15, -0.1) is 0 Å². The molecule has 5 heterocycles. The number of piperidine rings is 1. The van der Waals surface area contributed by atoms with E-state index in [1.165, 1.54) is 28.4 Å². The number of para-hydroxylation sites is 2. The Morgan fingerprint density at radius 2 is 1.31 bits per heavy atom. The Bertz CT molecular complexity index is 3130. The monoisotopic (exact) mass is 874 g/mol. The fraction of sp³-hybridized carbons (Fsp3) is 0.152. The molecule has 17 nitrogen and oxygen atoms in total. The molecule has 0 unspecified atom stereocenters. The molecule has 1 amide bonds. The number of nitrogen functional groups attached to an aromatic ring is 2. The van der Waals surface area contributed by atoms with Crippen molar-refractivity contribution in [1.29, 1.82) is 0 Å². The van der Waals surface area contributed by atoms with Crippen molar-refractivity contribution in [2.24, 2.45) is 0 Å². The summed E-state index contributed by atoms with van der Waals surface area (Å²) >= 11 is 0. The second-order valence-corrected chi connectivity index (χ2v) is 16.7. The van der Waals surface area contributed by atoms with Crippen molar-refractivity contribution in [2.45, 2.75) is 25.4 Å². The molecule has 1 aliphatic heterocycles. The maximum absolute atomic E-state index is 13.7. The summed E-state index contributed by atoms with van der Waals surface area (Å²) in [7, 11) is -3.80. The highest BCUT2D eigenvalue weighted by Gasteiger charge is 2.30. The Morgan fingerprint density at radius 1 is 0.734 bits per heavy atom. The zero-order valence-electron chi connectivity index (χ0n) is 34.4. The third-order valence-corrected chi connectivity index (χ3v) is 12.4. The van der Waals surface area contributed by atoms with Gasteiger partial charge in [-0.25, -0.2) is 37.7 Å². The Morgan fingerprint density at radius 3 is 1.98 bits per heavy atom. The number of sulfonamides is 1. The van der Waals surface area contributed by atoms with Crippen molar-refractivity contribution in [3.8, 4) is 45.5 Å². The van der Waals surface area contributed by atoms with Gasteiger partial charge in [-0.05, 0) is 91.7 Å². The number of rotatable bonds is 14. The number of carbonyl (C=O) groups excluding carboxylic acids is 1. The van der Waals surface area contributed by atoms with Gasteiger partial charge in [0.15, 0.2) is 11.3 Å². The summed E-state index contributed by atoms with van der Waals surface area (Å²) in [5, 5.41) is 14.9. The molecule has 8 aromatic rings. The molecule has 9 rings (SSSR count). The third-order valence-electron chi connectivity index (χ3n) is 10.8. The van der Waals surface area contributed by atoms with Gasteiger partial charge in [0.25, 0.3) is 0 Å². The summed E-state index contributed by atoms with van der Waals surface area (Å²) in [6, 6.07) is 31.5. The quantitative estimate of drug-likeness (QED) is 0.0939. The fourth-order valence-electron chi connectivity index (χ4n) is 7.61. The number of aromatic nitrogens is 8. The van der Waals surface area contributed by atoms with E-state index in [0.29, 0.717) is 88.0 Å². The molecule has 1 aliphatic rings. The number of hydrogen-bond acceptors (Lipinski definition) is 13. The van der Waals surface area contributed by atoms with Crippen molar-refractivity contribution in [3.05, 3.63) is 139 Å². The minimum absolute atomic E-state index is 0.126. The molecule has 0 aliphatic carbocycles. The molecule has 1 fully saturated rings. The Labute approximate surface area is 367 Å². The minimum Gasteiger partial charge on any atom is -0.457 e. The van der Waals surface area contributed by atoms with E-state index >= 15 is 0 Å². The average Bonchev–Trinajstić information content (AvgIpc) is 3.90. The summed E-state index contributed by atoms with van der Waals surface area (Å²) < 4.78 is 44.7.